The maximum absolute atomic E-state index is 10.6. The van der Waals surface area contributed by atoms with Gasteiger partial charge in [-0.15, -0.1) is 0 Å². The largest absolute Gasteiger partial charge is 0.464 e. The van der Waals surface area contributed by atoms with E-state index in [9.17, 15) is 4.79 Å². The van der Waals surface area contributed by atoms with Gasteiger partial charge in [-0.05, 0) is 11.6 Å². The lowest BCUT2D eigenvalue weighted by Gasteiger charge is -2.03. The third-order valence-electron chi connectivity index (χ3n) is 2.03. The van der Waals surface area contributed by atoms with Crippen LogP contribution in [0, 0.1) is 0 Å². The second-order valence-corrected chi connectivity index (χ2v) is 3.92. The summed E-state index contributed by atoms with van der Waals surface area (Å²) in [5.41, 5.74) is 0.516. The van der Waals surface area contributed by atoms with Gasteiger partial charge in [-0.3, -0.25) is 4.79 Å². The fourth-order valence-corrected chi connectivity index (χ4v) is 1.76. The molecule has 90 valence electrons. The molecule has 0 saturated carbocycles. The number of rotatable bonds is 3. The molecule has 0 atom stereocenters. The average molecular weight is 275 g/mol. The van der Waals surface area contributed by atoms with Crippen LogP contribution in [0.1, 0.15) is 6.92 Å². The molecule has 2 aromatic rings. The molecule has 0 saturated heterocycles. The van der Waals surface area contributed by atoms with E-state index in [0.717, 1.165) is 0 Å². The molecular formula is C9H8Cl2N4O2. The van der Waals surface area contributed by atoms with Gasteiger partial charge in [-0.1, -0.05) is 11.6 Å². The lowest BCUT2D eigenvalue weighted by Crippen LogP contribution is -2.10. The smallest absolute Gasteiger partial charge is 0.302 e. The van der Waals surface area contributed by atoms with Crippen molar-refractivity contribution in [2.24, 2.45) is 0 Å². The number of ether oxygens (including phenoxy) is 1. The van der Waals surface area contributed by atoms with Crippen LogP contribution in [-0.4, -0.2) is 32.3 Å². The third kappa shape index (κ3) is 2.65. The highest BCUT2D eigenvalue weighted by Crippen LogP contribution is 2.21. The van der Waals surface area contributed by atoms with Crippen LogP contribution < -0.4 is 0 Å². The van der Waals surface area contributed by atoms with Crippen molar-refractivity contribution in [1.82, 2.24) is 19.7 Å². The number of hydrogen-bond donors (Lipinski definition) is 0. The highest BCUT2D eigenvalue weighted by Gasteiger charge is 2.10. The van der Waals surface area contributed by atoms with Crippen LogP contribution in [0.15, 0.2) is 6.20 Å². The summed E-state index contributed by atoms with van der Waals surface area (Å²) in [6.07, 6.45) is 1.54. The summed E-state index contributed by atoms with van der Waals surface area (Å²) >= 11 is 11.6. The maximum atomic E-state index is 10.6. The average Bonchev–Trinajstić information content (AvgIpc) is 2.61. The van der Waals surface area contributed by atoms with Crippen molar-refractivity contribution in [3.8, 4) is 0 Å². The Hall–Kier alpha value is -1.40. The van der Waals surface area contributed by atoms with E-state index in [0.29, 0.717) is 17.6 Å². The Morgan fingerprint density at radius 1 is 1.47 bits per heavy atom. The summed E-state index contributed by atoms with van der Waals surface area (Å²) in [6.45, 7) is 1.94. The fourth-order valence-electron chi connectivity index (χ4n) is 1.34. The van der Waals surface area contributed by atoms with E-state index in [1.807, 2.05) is 0 Å². The molecule has 0 aliphatic heterocycles. The molecule has 2 aromatic heterocycles. The van der Waals surface area contributed by atoms with Crippen LogP contribution in [0.5, 0.6) is 0 Å². The molecule has 2 heterocycles. The molecular weight excluding hydrogens is 267 g/mol. The molecule has 0 spiro atoms. The Morgan fingerprint density at radius 2 is 2.24 bits per heavy atom. The van der Waals surface area contributed by atoms with Crippen LogP contribution in [0.3, 0.4) is 0 Å². The normalized spacial score (nSPS) is 10.8. The van der Waals surface area contributed by atoms with Gasteiger partial charge in [-0.2, -0.15) is 10.1 Å². The number of aromatic nitrogens is 4. The molecule has 2 rings (SSSR count). The number of hydrogen-bond acceptors (Lipinski definition) is 5. The van der Waals surface area contributed by atoms with Crippen molar-refractivity contribution in [1.29, 1.82) is 0 Å². The topological polar surface area (TPSA) is 69.9 Å². The first kappa shape index (κ1) is 12.1. The van der Waals surface area contributed by atoms with E-state index < -0.39 is 0 Å². The SMILES string of the molecule is CC(=O)OCCn1ncc2c(Cl)nc(Cl)nc21. The van der Waals surface area contributed by atoms with Crippen LogP contribution in [-0.2, 0) is 16.1 Å². The van der Waals surface area contributed by atoms with Crippen LogP contribution in [0.4, 0.5) is 0 Å². The van der Waals surface area contributed by atoms with Gasteiger partial charge in [0.25, 0.3) is 0 Å². The van der Waals surface area contributed by atoms with Crippen molar-refractivity contribution in [2.45, 2.75) is 13.5 Å². The minimum absolute atomic E-state index is 0.0525. The standard InChI is InChI=1S/C9H8Cl2N4O2/c1-5(16)17-3-2-15-8-6(4-12-15)7(10)13-9(11)14-8/h4H,2-3H2,1H3. The van der Waals surface area contributed by atoms with E-state index in [-0.39, 0.29) is 23.0 Å². The van der Waals surface area contributed by atoms with Gasteiger partial charge in [-0.25, -0.2) is 9.67 Å². The van der Waals surface area contributed by atoms with E-state index in [1.54, 1.807) is 10.9 Å². The number of halogens is 2. The number of fused-ring (bicyclic) bond motifs is 1. The summed E-state index contributed by atoms with van der Waals surface area (Å²) < 4.78 is 6.37. The Kier molecular flexibility index (Phi) is 3.44. The van der Waals surface area contributed by atoms with Crippen molar-refractivity contribution >= 4 is 40.2 Å². The first-order valence-electron chi connectivity index (χ1n) is 4.76. The Balaban J connectivity index is 2.26. The lowest BCUT2D eigenvalue weighted by atomic mass is 10.4. The molecule has 0 fully saturated rings. The summed E-state index contributed by atoms with van der Waals surface area (Å²) in [5.74, 6) is -0.341. The van der Waals surface area contributed by atoms with Gasteiger partial charge >= 0.3 is 5.97 Å². The Morgan fingerprint density at radius 3 is 2.94 bits per heavy atom. The summed E-state index contributed by atoms with van der Waals surface area (Å²) in [4.78, 5) is 18.5. The number of esters is 1. The zero-order chi connectivity index (χ0) is 12.4. The molecule has 6 nitrogen and oxygen atoms in total. The molecule has 8 heteroatoms. The molecule has 0 bridgehead atoms. The van der Waals surface area contributed by atoms with Crippen LogP contribution in [0.25, 0.3) is 11.0 Å². The van der Waals surface area contributed by atoms with Gasteiger partial charge in [0.15, 0.2) is 5.65 Å². The zero-order valence-corrected chi connectivity index (χ0v) is 10.4. The highest BCUT2D eigenvalue weighted by molar-refractivity contribution is 6.35. The van der Waals surface area contributed by atoms with Crippen molar-refractivity contribution in [2.75, 3.05) is 6.61 Å². The minimum Gasteiger partial charge on any atom is -0.464 e. The molecule has 0 N–H and O–H groups in total. The second-order valence-electron chi connectivity index (χ2n) is 3.23. The van der Waals surface area contributed by atoms with Gasteiger partial charge in [0.05, 0.1) is 18.1 Å². The quantitative estimate of drug-likeness (QED) is 0.484. The van der Waals surface area contributed by atoms with E-state index in [2.05, 4.69) is 15.1 Å². The van der Waals surface area contributed by atoms with Gasteiger partial charge < -0.3 is 4.74 Å². The highest BCUT2D eigenvalue weighted by atomic mass is 35.5. The van der Waals surface area contributed by atoms with Crippen LogP contribution >= 0.6 is 23.2 Å². The number of carbonyl (C=O) groups excluding carboxylic acids is 1. The lowest BCUT2D eigenvalue weighted by molar-refractivity contribution is -0.141. The van der Waals surface area contributed by atoms with Crippen LogP contribution in [0.2, 0.25) is 10.4 Å². The van der Waals surface area contributed by atoms with Crippen molar-refractivity contribution in [3.63, 3.8) is 0 Å². The molecule has 0 unspecified atom stereocenters. The predicted molar refractivity (Wildman–Crippen MR) is 62.0 cm³/mol. The molecule has 0 aliphatic carbocycles. The van der Waals surface area contributed by atoms with E-state index in [1.165, 1.54) is 6.92 Å². The number of carbonyl (C=O) groups is 1. The first-order valence-corrected chi connectivity index (χ1v) is 5.51. The predicted octanol–water partition coefficient (Wildman–Crippen LogP) is 1.70. The molecule has 0 aliphatic rings. The molecule has 0 aromatic carbocycles. The third-order valence-corrected chi connectivity index (χ3v) is 2.49. The summed E-state index contributed by atoms with van der Waals surface area (Å²) in [5, 5.41) is 4.99. The van der Waals surface area contributed by atoms with E-state index >= 15 is 0 Å². The Labute approximate surface area is 107 Å². The minimum atomic E-state index is -0.341. The van der Waals surface area contributed by atoms with E-state index in [4.69, 9.17) is 27.9 Å². The van der Waals surface area contributed by atoms with Crippen molar-refractivity contribution < 1.29 is 9.53 Å². The maximum Gasteiger partial charge on any atom is 0.302 e. The monoisotopic (exact) mass is 274 g/mol. The zero-order valence-electron chi connectivity index (χ0n) is 8.85. The molecule has 0 amide bonds. The summed E-state index contributed by atoms with van der Waals surface area (Å²) in [7, 11) is 0. The molecule has 17 heavy (non-hydrogen) atoms. The van der Waals surface area contributed by atoms with Gasteiger partial charge in [0, 0.05) is 6.92 Å². The van der Waals surface area contributed by atoms with Gasteiger partial charge in [0.1, 0.15) is 11.8 Å². The second kappa shape index (κ2) is 4.85. The summed E-state index contributed by atoms with van der Waals surface area (Å²) in [6, 6.07) is 0. The first-order chi connectivity index (χ1) is 8.08. The van der Waals surface area contributed by atoms with Crippen molar-refractivity contribution in [3.05, 3.63) is 16.6 Å². The fraction of sp³-hybridized carbons (Fsp3) is 0.333. The Bertz CT molecular complexity index is 569. The van der Waals surface area contributed by atoms with Gasteiger partial charge in [0.2, 0.25) is 5.28 Å². The molecule has 0 radical (unpaired) electrons. The number of nitrogens with zero attached hydrogens (tertiary/aromatic N) is 4.